The summed E-state index contributed by atoms with van der Waals surface area (Å²) in [7, 11) is -0.607. The smallest absolute Gasteiger partial charge is 0.0655 e. The number of nitrogens with zero attached hydrogens (tertiary/aromatic N) is 1. The fraction of sp³-hybridized carbons (Fsp3) is 1.00. The van der Waals surface area contributed by atoms with E-state index in [4.69, 9.17) is 4.74 Å². The van der Waals surface area contributed by atoms with E-state index in [9.17, 15) is 0 Å². The largest absolute Gasteiger partial charge is 0.381 e. The number of likely N-dealkylation sites (N-methyl/N-ethyl adjacent to an activating group) is 1. The third-order valence-corrected chi connectivity index (χ3v) is 4.93. The quantitative estimate of drug-likeness (QED) is 0.578. The van der Waals surface area contributed by atoms with Crippen LogP contribution in [-0.4, -0.2) is 45.7 Å². The van der Waals surface area contributed by atoms with Crippen LogP contribution in [0.2, 0.25) is 13.1 Å². The summed E-state index contributed by atoms with van der Waals surface area (Å²) in [6, 6.07) is 0. The summed E-state index contributed by atoms with van der Waals surface area (Å²) >= 11 is 0. The topological polar surface area (TPSA) is 12.5 Å². The molecule has 0 radical (unpaired) electrons. The Bertz CT molecular complexity index is 126. The Morgan fingerprint density at radius 2 is 1.71 bits per heavy atom. The van der Waals surface area contributed by atoms with Gasteiger partial charge in [-0.2, -0.15) is 0 Å². The highest BCUT2D eigenvalue weighted by Gasteiger charge is 2.12. The van der Waals surface area contributed by atoms with Gasteiger partial charge < -0.3 is 9.64 Å². The lowest BCUT2D eigenvalue weighted by molar-refractivity contribution is 0.0791. The summed E-state index contributed by atoms with van der Waals surface area (Å²) in [6.07, 6.45) is 1.18. The van der Waals surface area contributed by atoms with E-state index >= 15 is 0 Å². The summed E-state index contributed by atoms with van der Waals surface area (Å²) in [4.78, 5) is 2.41. The van der Waals surface area contributed by atoms with Crippen LogP contribution in [0.3, 0.4) is 0 Å². The first-order valence-corrected chi connectivity index (χ1v) is 8.97. The van der Waals surface area contributed by atoms with Gasteiger partial charge in [-0.25, -0.2) is 0 Å². The number of hydrogen-bond acceptors (Lipinski definition) is 2. The van der Waals surface area contributed by atoms with Crippen LogP contribution in [0.25, 0.3) is 0 Å². The first-order chi connectivity index (χ1) is 6.65. The Kier molecular flexibility index (Phi) is 8.53. The van der Waals surface area contributed by atoms with Crippen molar-refractivity contribution in [2.75, 3.05) is 26.2 Å². The van der Waals surface area contributed by atoms with Gasteiger partial charge in [0.2, 0.25) is 0 Å². The summed E-state index contributed by atoms with van der Waals surface area (Å²) in [5, 5.41) is 0. The minimum absolute atomic E-state index is 0.575. The molecule has 14 heavy (non-hydrogen) atoms. The Hall–Kier alpha value is 0.137. The molecule has 1 atom stereocenters. The normalized spacial score (nSPS) is 13.9. The standard InChI is InChI=1S/C11H27NOSi/c1-6-11(14(4)5)13-10-9-12(7-2)8-3/h11,14H,6-10H2,1-5H3. The Balaban J connectivity index is 3.59. The molecule has 1 unspecified atom stereocenters. The van der Waals surface area contributed by atoms with Gasteiger partial charge in [0, 0.05) is 12.3 Å². The Labute approximate surface area is 91.2 Å². The predicted molar refractivity (Wildman–Crippen MR) is 66.7 cm³/mol. The van der Waals surface area contributed by atoms with Gasteiger partial charge in [0.25, 0.3) is 0 Å². The molecule has 0 aliphatic rings. The molecule has 0 amide bonds. The SMILES string of the molecule is CCC(OCCN(CC)CC)[SiH](C)C. The molecule has 0 aromatic rings. The lowest BCUT2D eigenvalue weighted by Gasteiger charge is -2.22. The van der Waals surface area contributed by atoms with Crippen LogP contribution in [0.4, 0.5) is 0 Å². The van der Waals surface area contributed by atoms with Crippen molar-refractivity contribution in [2.45, 2.75) is 46.0 Å². The maximum Gasteiger partial charge on any atom is 0.0655 e. The minimum atomic E-state index is -0.607. The zero-order valence-electron chi connectivity index (χ0n) is 10.5. The highest BCUT2D eigenvalue weighted by molar-refractivity contribution is 6.57. The van der Waals surface area contributed by atoms with Crippen LogP contribution in [0.15, 0.2) is 0 Å². The van der Waals surface area contributed by atoms with Gasteiger partial charge in [0.1, 0.15) is 0 Å². The van der Waals surface area contributed by atoms with Crippen molar-refractivity contribution < 1.29 is 4.74 Å². The fourth-order valence-electron chi connectivity index (χ4n) is 1.65. The molecule has 2 nitrogen and oxygen atoms in total. The molecule has 0 fully saturated rings. The lowest BCUT2D eigenvalue weighted by Crippen LogP contribution is -2.32. The number of rotatable bonds is 8. The highest BCUT2D eigenvalue weighted by Crippen LogP contribution is 2.03. The van der Waals surface area contributed by atoms with E-state index in [1.165, 1.54) is 6.42 Å². The third-order valence-electron chi connectivity index (χ3n) is 2.78. The lowest BCUT2D eigenvalue weighted by atomic mass is 10.5. The van der Waals surface area contributed by atoms with Crippen molar-refractivity contribution in [1.29, 1.82) is 0 Å². The molecular weight excluding hydrogens is 190 g/mol. The third kappa shape index (κ3) is 5.78. The van der Waals surface area contributed by atoms with E-state index in [2.05, 4.69) is 38.8 Å². The van der Waals surface area contributed by atoms with E-state index in [0.717, 1.165) is 26.2 Å². The van der Waals surface area contributed by atoms with E-state index < -0.39 is 8.80 Å². The molecule has 0 saturated carbocycles. The molecule has 0 bridgehead atoms. The summed E-state index contributed by atoms with van der Waals surface area (Å²) in [5.41, 5.74) is 0.575. The molecular formula is C11H27NOSi. The van der Waals surface area contributed by atoms with Crippen molar-refractivity contribution in [3.63, 3.8) is 0 Å². The van der Waals surface area contributed by atoms with Gasteiger partial charge in [-0.15, -0.1) is 0 Å². The fourth-order valence-corrected chi connectivity index (χ4v) is 3.12. The van der Waals surface area contributed by atoms with Crippen molar-refractivity contribution in [1.82, 2.24) is 4.90 Å². The molecule has 0 saturated heterocycles. The molecule has 0 aliphatic carbocycles. The van der Waals surface area contributed by atoms with Crippen molar-refractivity contribution in [3.8, 4) is 0 Å². The van der Waals surface area contributed by atoms with Crippen LogP contribution in [0.1, 0.15) is 27.2 Å². The second kappa shape index (κ2) is 8.45. The van der Waals surface area contributed by atoms with E-state index in [0.29, 0.717) is 5.73 Å². The van der Waals surface area contributed by atoms with Gasteiger partial charge in [0.15, 0.2) is 0 Å². The number of ether oxygens (including phenoxy) is 1. The van der Waals surface area contributed by atoms with E-state index in [1.807, 2.05) is 0 Å². The van der Waals surface area contributed by atoms with Crippen molar-refractivity contribution in [3.05, 3.63) is 0 Å². The monoisotopic (exact) mass is 217 g/mol. The summed E-state index contributed by atoms with van der Waals surface area (Å²) in [6.45, 7) is 15.6. The van der Waals surface area contributed by atoms with Gasteiger partial charge in [-0.3, -0.25) is 0 Å². The molecule has 0 rings (SSSR count). The predicted octanol–water partition coefficient (Wildman–Crippen LogP) is 2.15. The maximum atomic E-state index is 5.91. The van der Waals surface area contributed by atoms with Gasteiger partial charge in [0.05, 0.1) is 15.4 Å². The molecule has 0 spiro atoms. The highest BCUT2D eigenvalue weighted by atomic mass is 28.3. The van der Waals surface area contributed by atoms with E-state index in [1.54, 1.807) is 0 Å². The first kappa shape index (κ1) is 14.1. The van der Waals surface area contributed by atoms with Crippen LogP contribution in [0.5, 0.6) is 0 Å². The Morgan fingerprint density at radius 3 is 2.07 bits per heavy atom. The van der Waals surface area contributed by atoms with Crippen LogP contribution in [-0.2, 0) is 4.74 Å². The van der Waals surface area contributed by atoms with Crippen molar-refractivity contribution >= 4 is 8.80 Å². The maximum absolute atomic E-state index is 5.91. The first-order valence-electron chi connectivity index (χ1n) is 5.99. The zero-order chi connectivity index (χ0) is 11.0. The van der Waals surface area contributed by atoms with Crippen LogP contribution < -0.4 is 0 Å². The summed E-state index contributed by atoms with van der Waals surface area (Å²) < 4.78 is 5.91. The molecule has 0 aliphatic heterocycles. The average molecular weight is 217 g/mol. The number of hydrogen-bond donors (Lipinski definition) is 0. The second-order valence-corrected chi connectivity index (χ2v) is 7.32. The molecule has 0 aromatic heterocycles. The molecule has 0 aromatic carbocycles. The molecule has 3 heteroatoms. The van der Waals surface area contributed by atoms with Gasteiger partial charge in [-0.05, 0) is 19.5 Å². The van der Waals surface area contributed by atoms with Crippen LogP contribution >= 0.6 is 0 Å². The molecule has 86 valence electrons. The second-order valence-electron chi connectivity index (χ2n) is 4.09. The average Bonchev–Trinajstić information content (AvgIpc) is 2.18. The minimum Gasteiger partial charge on any atom is -0.381 e. The zero-order valence-corrected chi connectivity index (χ0v) is 11.7. The van der Waals surface area contributed by atoms with Gasteiger partial charge in [-0.1, -0.05) is 33.9 Å². The van der Waals surface area contributed by atoms with Gasteiger partial charge >= 0.3 is 0 Å². The summed E-state index contributed by atoms with van der Waals surface area (Å²) in [5.74, 6) is 0. The van der Waals surface area contributed by atoms with Crippen LogP contribution in [0, 0.1) is 0 Å². The van der Waals surface area contributed by atoms with Crippen molar-refractivity contribution in [2.24, 2.45) is 0 Å². The molecule has 0 heterocycles. The molecule has 0 N–H and O–H groups in total. The Morgan fingerprint density at radius 1 is 1.14 bits per heavy atom. The van der Waals surface area contributed by atoms with E-state index in [-0.39, 0.29) is 0 Å².